The van der Waals surface area contributed by atoms with Crippen LogP contribution in [0.25, 0.3) is 0 Å². The molecule has 0 unspecified atom stereocenters. The highest BCUT2D eigenvalue weighted by molar-refractivity contribution is 5.90. The van der Waals surface area contributed by atoms with E-state index in [0.717, 1.165) is 12.1 Å². The van der Waals surface area contributed by atoms with E-state index < -0.39 is 23.5 Å². The summed E-state index contributed by atoms with van der Waals surface area (Å²) in [6, 6.07) is 3.75. The highest BCUT2D eigenvalue weighted by atomic mass is 19.3. The summed E-state index contributed by atoms with van der Waals surface area (Å²) in [5.74, 6) is -1.46. The van der Waals surface area contributed by atoms with Gasteiger partial charge in [-0.05, 0) is 24.6 Å². The van der Waals surface area contributed by atoms with Gasteiger partial charge in [0.05, 0.1) is 17.2 Å². The third kappa shape index (κ3) is 2.10. The molecule has 15 heavy (non-hydrogen) atoms. The molecule has 0 aliphatic heterocycles. The average Bonchev–Trinajstić information content (AvgIpc) is 2.16. The van der Waals surface area contributed by atoms with Crippen LogP contribution in [0.15, 0.2) is 12.1 Å². The van der Waals surface area contributed by atoms with Crippen molar-refractivity contribution in [3.8, 4) is 6.07 Å². The Morgan fingerprint density at radius 1 is 1.53 bits per heavy atom. The van der Waals surface area contributed by atoms with Crippen LogP contribution in [0, 0.1) is 18.3 Å². The fourth-order valence-corrected chi connectivity index (χ4v) is 1.22. The Morgan fingerprint density at radius 2 is 2.13 bits per heavy atom. The van der Waals surface area contributed by atoms with E-state index in [4.69, 9.17) is 10.4 Å². The molecule has 0 amide bonds. The van der Waals surface area contributed by atoms with Crippen LogP contribution in [0.3, 0.4) is 0 Å². The quantitative estimate of drug-likeness (QED) is 0.817. The summed E-state index contributed by atoms with van der Waals surface area (Å²) in [6.45, 7) is 1.48. The molecule has 1 aromatic carbocycles. The van der Waals surface area contributed by atoms with Crippen LogP contribution >= 0.6 is 0 Å². The summed E-state index contributed by atoms with van der Waals surface area (Å²) < 4.78 is 24.9. The predicted molar refractivity (Wildman–Crippen MR) is 47.8 cm³/mol. The topological polar surface area (TPSA) is 61.1 Å². The minimum Gasteiger partial charge on any atom is -0.478 e. The zero-order valence-corrected chi connectivity index (χ0v) is 7.79. The smallest absolute Gasteiger partial charge is 0.336 e. The molecule has 78 valence electrons. The first-order chi connectivity index (χ1) is 6.97. The Bertz CT molecular complexity index is 449. The number of aryl methyl sites for hydroxylation is 1. The SMILES string of the molecule is Cc1cc(C(F)F)c(C(=O)O)cc1C#N. The number of nitrogens with zero attached hydrogens (tertiary/aromatic N) is 1. The molecule has 0 fully saturated rings. The molecule has 0 bridgehead atoms. The van der Waals surface area contributed by atoms with Gasteiger partial charge in [0.15, 0.2) is 0 Å². The number of carboxylic acid groups (broad SMARTS) is 1. The van der Waals surface area contributed by atoms with Gasteiger partial charge in [-0.2, -0.15) is 5.26 Å². The van der Waals surface area contributed by atoms with E-state index in [2.05, 4.69) is 0 Å². The van der Waals surface area contributed by atoms with E-state index in [1.54, 1.807) is 6.07 Å². The van der Waals surface area contributed by atoms with Crippen molar-refractivity contribution in [2.75, 3.05) is 0 Å². The second kappa shape index (κ2) is 4.05. The summed E-state index contributed by atoms with van der Waals surface area (Å²) >= 11 is 0. The molecule has 0 aliphatic rings. The van der Waals surface area contributed by atoms with Crippen LogP contribution in [0.2, 0.25) is 0 Å². The number of rotatable bonds is 2. The van der Waals surface area contributed by atoms with Crippen molar-refractivity contribution in [3.63, 3.8) is 0 Å². The maximum atomic E-state index is 12.5. The second-order valence-corrected chi connectivity index (χ2v) is 2.97. The fraction of sp³-hybridized carbons (Fsp3) is 0.200. The normalized spacial score (nSPS) is 10.1. The van der Waals surface area contributed by atoms with Gasteiger partial charge in [-0.1, -0.05) is 0 Å². The van der Waals surface area contributed by atoms with Crippen LogP contribution in [0.1, 0.15) is 33.5 Å². The molecular formula is C10H7F2NO2. The zero-order chi connectivity index (χ0) is 11.6. The molecule has 1 N–H and O–H groups in total. The lowest BCUT2D eigenvalue weighted by Gasteiger charge is -2.07. The van der Waals surface area contributed by atoms with Gasteiger partial charge >= 0.3 is 5.97 Å². The summed E-state index contributed by atoms with van der Waals surface area (Å²) in [4.78, 5) is 10.7. The molecule has 0 heterocycles. The predicted octanol–water partition coefficient (Wildman–Crippen LogP) is 2.50. The number of nitriles is 1. The van der Waals surface area contributed by atoms with Crippen molar-refractivity contribution in [2.45, 2.75) is 13.3 Å². The zero-order valence-electron chi connectivity index (χ0n) is 7.79. The molecule has 5 heteroatoms. The van der Waals surface area contributed by atoms with Gasteiger partial charge in [0.2, 0.25) is 0 Å². The van der Waals surface area contributed by atoms with Crippen LogP contribution in [0.4, 0.5) is 8.78 Å². The molecule has 0 spiro atoms. The largest absolute Gasteiger partial charge is 0.478 e. The van der Waals surface area contributed by atoms with Gasteiger partial charge in [-0.15, -0.1) is 0 Å². The van der Waals surface area contributed by atoms with Gasteiger partial charge in [-0.3, -0.25) is 0 Å². The summed E-state index contributed by atoms with van der Waals surface area (Å²) in [5.41, 5.74) is -0.638. The molecule has 0 aliphatic carbocycles. The molecule has 0 aromatic heterocycles. The van der Waals surface area contributed by atoms with Crippen molar-refractivity contribution in [2.24, 2.45) is 0 Å². The Morgan fingerprint density at radius 3 is 2.53 bits per heavy atom. The van der Waals surface area contributed by atoms with Crippen LogP contribution < -0.4 is 0 Å². The maximum absolute atomic E-state index is 12.5. The van der Waals surface area contributed by atoms with Crippen LogP contribution in [-0.2, 0) is 0 Å². The van der Waals surface area contributed by atoms with Gasteiger partial charge in [0, 0.05) is 5.56 Å². The minimum atomic E-state index is -2.86. The van der Waals surface area contributed by atoms with Crippen LogP contribution in [0.5, 0.6) is 0 Å². The van der Waals surface area contributed by atoms with Gasteiger partial charge in [0.25, 0.3) is 6.43 Å². The number of alkyl halides is 2. The number of aromatic carboxylic acids is 1. The Labute approximate surface area is 84.6 Å². The van der Waals surface area contributed by atoms with E-state index in [1.165, 1.54) is 6.92 Å². The van der Waals surface area contributed by atoms with E-state index in [0.29, 0.717) is 5.56 Å². The molecule has 0 atom stereocenters. The molecule has 3 nitrogen and oxygen atoms in total. The minimum absolute atomic E-state index is 0.0943. The highest BCUT2D eigenvalue weighted by Gasteiger charge is 2.19. The maximum Gasteiger partial charge on any atom is 0.336 e. The first-order valence-corrected chi connectivity index (χ1v) is 4.03. The molecule has 0 radical (unpaired) electrons. The number of hydrogen-bond acceptors (Lipinski definition) is 2. The Hall–Kier alpha value is -1.96. The third-order valence-corrected chi connectivity index (χ3v) is 1.98. The van der Waals surface area contributed by atoms with E-state index in [-0.39, 0.29) is 5.56 Å². The van der Waals surface area contributed by atoms with Crippen molar-refractivity contribution < 1.29 is 18.7 Å². The number of hydrogen-bond donors (Lipinski definition) is 1. The Balaban J connectivity index is 3.47. The molecule has 0 saturated heterocycles. The molecule has 1 aromatic rings. The third-order valence-electron chi connectivity index (χ3n) is 1.98. The monoisotopic (exact) mass is 211 g/mol. The lowest BCUT2D eigenvalue weighted by atomic mass is 10.00. The van der Waals surface area contributed by atoms with E-state index in [9.17, 15) is 13.6 Å². The fourth-order valence-electron chi connectivity index (χ4n) is 1.22. The summed E-state index contributed by atoms with van der Waals surface area (Å²) in [7, 11) is 0. The van der Waals surface area contributed by atoms with Gasteiger partial charge in [0.1, 0.15) is 0 Å². The number of halogens is 2. The summed E-state index contributed by atoms with van der Waals surface area (Å²) in [5, 5.41) is 17.3. The lowest BCUT2D eigenvalue weighted by molar-refractivity contribution is 0.0684. The Kier molecular flexibility index (Phi) is 3.00. The average molecular weight is 211 g/mol. The highest BCUT2D eigenvalue weighted by Crippen LogP contribution is 2.26. The first-order valence-electron chi connectivity index (χ1n) is 4.03. The van der Waals surface area contributed by atoms with Crippen molar-refractivity contribution >= 4 is 5.97 Å². The standard InChI is InChI=1S/C10H7F2NO2/c1-5-2-7(9(11)12)8(10(14)15)3-6(5)4-13/h2-3,9H,1H3,(H,14,15). The van der Waals surface area contributed by atoms with E-state index >= 15 is 0 Å². The van der Waals surface area contributed by atoms with Crippen molar-refractivity contribution in [1.82, 2.24) is 0 Å². The number of carboxylic acids is 1. The molecule has 1 rings (SSSR count). The van der Waals surface area contributed by atoms with Crippen molar-refractivity contribution in [3.05, 3.63) is 34.4 Å². The van der Waals surface area contributed by atoms with Crippen LogP contribution in [-0.4, -0.2) is 11.1 Å². The van der Waals surface area contributed by atoms with Gasteiger partial charge in [-0.25, -0.2) is 13.6 Å². The first kappa shape index (κ1) is 11.1. The van der Waals surface area contributed by atoms with Gasteiger partial charge < -0.3 is 5.11 Å². The number of carbonyl (C=O) groups is 1. The molecular weight excluding hydrogens is 204 g/mol. The number of benzene rings is 1. The second-order valence-electron chi connectivity index (χ2n) is 2.97. The van der Waals surface area contributed by atoms with Crippen molar-refractivity contribution in [1.29, 1.82) is 5.26 Å². The van der Waals surface area contributed by atoms with E-state index in [1.807, 2.05) is 0 Å². The summed E-state index contributed by atoms with van der Waals surface area (Å²) in [6.07, 6.45) is -2.86. The lowest BCUT2D eigenvalue weighted by Crippen LogP contribution is -2.04. The molecule has 0 saturated carbocycles.